The Morgan fingerprint density at radius 1 is 1.24 bits per heavy atom. The molecule has 0 aliphatic heterocycles. The molecule has 7 heteroatoms. The van der Waals surface area contributed by atoms with Gasteiger partial charge in [0.05, 0.1) is 6.20 Å². The molecule has 2 N–H and O–H groups in total. The van der Waals surface area contributed by atoms with E-state index in [1.54, 1.807) is 6.20 Å². The highest BCUT2D eigenvalue weighted by Gasteiger charge is 2.13. The number of halogens is 1. The van der Waals surface area contributed by atoms with E-state index in [1.807, 2.05) is 23.6 Å². The first-order chi connectivity index (χ1) is 10.2. The molecule has 0 fully saturated rings. The van der Waals surface area contributed by atoms with Crippen molar-refractivity contribution in [3.63, 3.8) is 0 Å². The number of hydrogen-bond acceptors (Lipinski definition) is 6. The second-order valence-electron chi connectivity index (χ2n) is 4.48. The van der Waals surface area contributed by atoms with Crippen molar-refractivity contribution >= 4 is 49.3 Å². The van der Waals surface area contributed by atoms with Crippen LogP contribution >= 0.6 is 27.3 Å². The summed E-state index contributed by atoms with van der Waals surface area (Å²) in [6.45, 7) is 0.425. The van der Waals surface area contributed by atoms with Crippen molar-refractivity contribution in [1.29, 1.82) is 0 Å². The summed E-state index contributed by atoms with van der Waals surface area (Å²) in [6, 6.07) is 5.84. The molecule has 1 aromatic carbocycles. The van der Waals surface area contributed by atoms with Crippen molar-refractivity contribution < 1.29 is 4.42 Å². The van der Waals surface area contributed by atoms with Gasteiger partial charge in [0.1, 0.15) is 21.8 Å². The van der Waals surface area contributed by atoms with E-state index in [0.717, 1.165) is 31.7 Å². The maximum atomic E-state index is 5.74. The van der Waals surface area contributed by atoms with E-state index in [0.29, 0.717) is 18.0 Å². The second-order valence-corrected chi connectivity index (χ2v) is 6.34. The first-order valence-electron chi connectivity index (χ1n) is 6.24. The highest BCUT2D eigenvalue weighted by molar-refractivity contribution is 9.10. The molecule has 0 unspecified atom stereocenters. The predicted molar refractivity (Wildman–Crippen MR) is 86.0 cm³/mol. The highest BCUT2D eigenvalue weighted by Crippen LogP contribution is 2.30. The molecule has 0 radical (unpaired) electrons. The number of rotatable bonds is 2. The molecule has 104 valence electrons. The Morgan fingerprint density at radius 3 is 2.95 bits per heavy atom. The number of fused-ring (bicyclic) bond motifs is 3. The van der Waals surface area contributed by atoms with E-state index < -0.39 is 0 Å². The highest BCUT2D eigenvalue weighted by atomic mass is 79.9. The van der Waals surface area contributed by atoms with Gasteiger partial charge in [-0.15, -0.1) is 11.3 Å². The van der Waals surface area contributed by atoms with E-state index in [9.17, 15) is 0 Å². The van der Waals surface area contributed by atoms with E-state index >= 15 is 0 Å². The van der Waals surface area contributed by atoms with E-state index in [1.165, 1.54) is 11.3 Å². The van der Waals surface area contributed by atoms with Gasteiger partial charge in [0.25, 0.3) is 0 Å². The summed E-state index contributed by atoms with van der Waals surface area (Å²) in [4.78, 5) is 13.3. The molecule has 3 aromatic heterocycles. The molecule has 0 amide bonds. The number of furan rings is 1. The van der Waals surface area contributed by atoms with Crippen LogP contribution in [0.4, 0.5) is 0 Å². The Kier molecular flexibility index (Phi) is 2.99. The molecule has 5 nitrogen and oxygen atoms in total. The smallest absolute Gasteiger partial charge is 0.179 e. The quantitative estimate of drug-likeness (QED) is 0.589. The lowest BCUT2D eigenvalue weighted by molar-refractivity contribution is 0.666. The van der Waals surface area contributed by atoms with Crippen LogP contribution < -0.4 is 5.73 Å². The Hall–Kier alpha value is -1.83. The summed E-state index contributed by atoms with van der Waals surface area (Å²) in [6.07, 6.45) is 1.69. The SMILES string of the molecule is NCc1nc(-c2ncc3oc4ccc(Br)cc4c3n2)cs1. The number of nitrogens with zero attached hydrogens (tertiary/aromatic N) is 3. The summed E-state index contributed by atoms with van der Waals surface area (Å²) in [5, 5.41) is 3.74. The number of nitrogens with two attached hydrogens (primary N) is 1. The normalized spacial score (nSPS) is 11.5. The first-order valence-corrected chi connectivity index (χ1v) is 7.91. The van der Waals surface area contributed by atoms with E-state index in [-0.39, 0.29) is 0 Å². The maximum absolute atomic E-state index is 5.74. The number of aromatic nitrogens is 3. The lowest BCUT2D eigenvalue weighted by atomic mass is 10.2. The molecule has 0 saturated heterocycles. The van der Waals surface area contributed by atoms with Gasteiger partial charge in [-0.05, 0) is 18.2 Å². The molecule has 3 heterocycles. The van der Waals surface area contributed by atoms with Crippen LogP contribution in [0.25, 0.3) is 33.6 Å². The Labute approximate surface area is 132 Å². The Bertz CT molecular complexity index is 962. The first kappa shape index (κ1) is 12.9. The molecule has 21 heavy (non-hydrogen) atoms. The lowest BCUT2D eigenvalue weighted by Gasteiger charge is -1.95. The maximum Gasteiger partial charge on any atom is 0.179 e. The number of thiazole rings is 1. The van der Waals surface area contributed by atoms with Crippen LogP contribution in [-0.2, 0) is 6.54 Å². The zero-order chi connectivity index (χ0) is 14.4. The second kappa shape index (κ2) is 4.87. The average molecular weight is 361 g/mol. The predicted octanol–water partition coefficient (Wildman–Crippen LogP) is 3.72. The van der Waals surface area contributed by atoms with Gasteiger partial charge in [-0.1, -0.05) is 15.9 Å². The fourth-order valence-corrected chi connectivity index (χ4v) is 3.18. The average Bonchev–Trinajstić information content (AvgIpc) is 3.10. The van der Waals surface area contributed by atoms with Crippen LogP contribution in [0, 0.1) is 0 Å². The summed E-state index contributed by atoms with van der Waals surface area (Å²) >= 11 is 4.98. The van der Waals surface area contributed by atoms with Crippen molar-refractivity contribution in [3.05, 3.63) is 39.3 Å². The van der Waals surface area contributed by atoms with Crippen LogP contribution in [0.3, 0.4) is 0 Å². The zero-order valence-electron chi connectivity index (χ0n) is 10.7. The third-order valence-corrected chi connectivity index (χ3v) is 4.49. The van der Waals surface area contributed by atoms with Crippen molar-refractivity contribution in [3.8, 4) is 11.5 Å². The monoisotopic (exact) mass is 360 g/mol. The van der Waals surface area contributed by atoms with Crippen LogP contribution in [0.2, 0.25) is 0 Å². The molecule has 0 saturated carbocycles. The van der Waals surface area contributed by atoms with Crippen molar-refractivity contribution in [1.82, 2.24) is 15.0 Å². The summed E-state index contributed by atoms with van der Waals surface area (Å²) in [5.41, 5.74) is 8.59. The van der Waals surface area contributed by atoms with Gasteiger partial charge in [0.15, 0.2) is 11.4 Å². The fourth-order valence-electron chi connectivity index (χ4n) is 2.16. The van der Waals surface area contributed by atoms with Crippen LogP contribution in [0.5, 0.6) is 0 Å². The fraction of sp³-hybridized carbons (Fsp3) is 0.0714. The minimum Gasteiger partial charge on any atom is -0.453 e. The van der Waals surface area contributed by atoms with Gasteiger partial charge >= 0.3 is 0 Å². The van der Waals surface area contributed by atoms with Gasteiger partial charge < -0.3 is 10.2 Å². The Morgan fingerprint density at radius 2 is 2.14 bits per heavy atom. The molecule has 4 aromatic rings. The summed E-state index contributed by atoms with van der Waals surface area (Å²) in [7, 11) is 0. The summed E-state index contributed by atoms with van der Waals surface area (Å²) < 4.78 is 6.72. The number of benzene rings is 1. The molecule has 0 bridgehead atoms. The largest absolute Gasteiger partial charge is 0.453 e. The van der Waals surface area contributed by atoms with Crippen LogP contribution in [0.1, 0.15) is 5.01 Å². The third-order valence-electron chi connectivity index (χ3n) is 3.13. The topological polar surface area (TPSA) is 77.8 Å². The molecule has 0 aliphatic carbocycles. The molecule has 4 rings (SSSR count). The van der Waals surface area contributed by atoms with Gasteiger partial charge in [-0.3, -0.25) is 0 Å². The molecular formula is C14H9BrN4OS. The zero-order valence-corrected chi connectivity index (χ0v) is 13.1. The lowest BCUT2D eigenvalue weighted by Crippen LogP contribution is -1.95. The minimum atomic E-state index is 0.425. The van der Waals surface area contributed by atoms with Crippen LogP contribution in [0.15, 0.2) is 38.7 Å². The number of hydrogen-bond donors (Lipinski definition) is 1. The molecular weight excluding hydrogens is 352 g/mol. The molecule has 0 spiro atoms. The van der Waals surface area contributed by atoms with Crippen molar-refractivity contribution in [2.75, 3.05) is 0 Å². The van der Waals surface area contributed by atoms with Crippen molar-refractivity contribution in [2.45, 2.75) is 6.54 Å². The van der Waals surface area contributed by atoms with Gasteiger partial charge in [-0.2, -0.15) is 0 Å². The van der Waals surface area contributed by atoms with Gasteiger partial charge in [-0.25, -0.2) is 15.0 Å². The van der Waals surface area contributed by atoms with Gasteiger partial charge in [0, 0.05) is 21.8 Å². The standard InChI is InChI=1S/C14H9BrN4OS/c15-7-1-2-10-8(3-7)13-11(20-10)5-17-14(19-13)9-6-21-12(4-16)18-9/h1-3,5-6H,4,16H2. The molecule has 0 atom stereocenters. The summed E-state index contributed by atoms with van der Waals surface area (Å²) in [5.74, 6) is 0.584. The Balaban J connectivity index is 1.95. The van der Waals surface area contributed by atoms with E-state index in [4.69, 9.17) is 10.2 Å². The van der Waals surface area contributed by atoms with Crippen molar-refractivity contribution in [2.24, 2.45) is 5.73 Å². The minimum absolute atomic E-state index is 0.425. The molecule has 0 aliphatic rings. The van der Waals surface area contributed by atoms with Gasteiger partial charge in [0.2, 0.25) is 0 Å². The third kappa shape index (κ3) is 2.14. The van der Waals surface area contributed by atoms with E-state index in [2.05, 4.69) is 30.9 Å². The van der Waals surface area contributed by atoms with Crippen LogP contribution in [-0.4, -0.2) is 15.0 Å².